The quantitative estimate of drug-likeness (QED) is 0.689. The van der Waals surface area contributed by atoms with Gasteiger partial charge in [-0.25, -0.2) is 9.35 Å². The molecule has 3 N–H and O–H groups in total. The molecule has 2 aliphatic rings. The van der Waals surface area contributed by atoms with Crippen molar-refractivity contribution < 1.29 is 18.5 Å². The van der Waals surface area contributed by atoms with Crippen LogP contribution in [0.2, 0.25) is 0 Å². The lowest BCUT2D eigenvalue weighted by molar-refractivity contribution is -0.112. The zero-order chi connectivity index (χ0) is 22.7. The van der Waals surface area contributed by atoms with E-state index in [-0.39, 0.29) is 10.7 Å². The summed E-state index contributed by atoms with van der Waals surface area (Å²) < 4.78 is 22.5. The molecular weight excluding hydrogens is 412 g/mol. The predicted molar refractivity (Wildman–Crippen MR) is 121 cm³/mol. The maximum atomic E-state index is 13.1. The number of carbonyl (C=O) groups is 1. The Labute approximate surface area is 183 Å². The minimum Gasteiger partial charge on any atom is -0.450 e. The molecule has 0 saturated carbocycles. The highest BCUT2D eigenvalue weighted by molar-refractivity contribution is 7.91. The van der Waals surface area contributed by atoms with Crippen molar-refractivity contribution in [1.29, 1.82) is 0 Å². The topological polar surface area (TPSA) is 106 Å². The molecule has 0 unspecified atom stereocenters. The van der Waals surface area contributed by atoms with Crippen LogP contribution >= 0.6 is 0 Å². The molecule has 0 aliphatic heterocycles. The van der Waals surface area contributed by atoms with Gasteiger partial charge in [0.25, 0.3) is 5.91 Å². The number of amides is 1. The molecule has 31 heavy (non-hydrogen) atoms. The molecule has 4 rings (SSSR count). The number of hydrogen-bond acceptors (Lipinski definition) is 4. The third kappa shape index (κ3) is 3.79. The van der Waals surface area contributed by atoms with Crippen molar-refractivity contribution in [3.05, 3.63) is 57.9 Å². The Morgan fingerprint density at radius 2 is 2.00 bits per heavy atom. The number of hydrogen-bond donors (Lipinski definition) is 2. The van der Waals surface area contributed by atoms with Gasteiger partial charge in [0, 0.05) is 17.2 Å². The van der Waals surface area contributed by atoms with Crippen LogP contribution in [0.15, 0.2) is 32.6 Å². The van der Waals surface area contributed by atoms with Crippen LogP contribution in [0, 0.1) is 6.92 Å². The van der Waals surface area contributed by atoms with Crippen molar-refractivity contribution in [2.45, 2.75) is 76.4 Å². The van der Waals surface area contributed by atoms with Gasteiger partial charge in [0.15, 0.2) is 9.92 Å². The predicted octanol–water partition coefficient (Wildman–Crippen LogP) is 4.29. The van der Waals surface area contributed by atoms with Crippen molar-refractivity contribution >= 4 is 21.4 Å². The van der Waals surface area contributed by atoms with E-state index in [1.54, 1.807) is 20.8 Å². The fourth-order valence-electron chi connectivity index (χ4n) is 4.94. The number of furan rings is 1. The number of carbonyl (C=O) groups excluding carboxylic acids is 1. The molecule has 1 aromatic heterocycles. The molecule has 2 aromatic rings. The zero-order valence-electron chi connectivity index (χ0n) is 18.6. The molecule has 0 bridgehead atoms. The van der Waals surface area contributed by atoms with E-state index in [1.807, 2.05) is 0 Å². The fourth-order valence-corrected chi connectivity index (χ4v) is 5.92. The Hall–Kier alpha value is -2.22. The Balaban J connectivity index is 1.75. The van der Waals surface area contributed by atoms with Crippen LogP contribution in [0.3, 0.4) is 0 Å². The molecule has 1 amide bonds. The van der Waals surface area contributed by atoms with E-state index in [0.717, 1.165) is 37.7 Å². The lowest BCUT2D eigenvalue weighted by Crippen LogP contribution is -2.17. The zero-order valence-corrected chi connectivity index (χ0v) is 19.4. The van der Waals surface area contributed by atoms with E-state index in [2.05, 4.69) is 23.9 Å². The van der Waals surface area contributed by atoms with E-state index >= 15 is 0 Å². The third-order valence-corrected chi connectivity index (χ3v) is 7.74. The Bertz CT molecular complexity index is 1220. The number of nitrogens with two attached hydrogens (primary N) is 1. The molecule has 6 nitrogen and oxygen atoms in total. The molecule has 0 saturated heterocycles. The van der Waals surface area contributed by atoms with E-state index in [1.165, 1.54) is 28.3 Å². The first-order valence-corrected chi connectivity index (χ1v) is 12.3. The highest BCUT2D eigenvalue weighted by atomic mass is 32.2. The second kappa shape index (κ2) is 7.43. The van der Waals surface area contributed by atoms with E-state index in [0.29, 0.717) is 17.2 Å². The second-order valence-corrected chi connectivity index (χ2v) is 11.0. The first-order chi connectivity index (χ1) is 14.4. The first-order valence-electron chi connectivity index (χ1n) is 10.7. The molecule has 2 aliphatic carbocycles. The molecule has 166 valence electrons. The summed E-state index contributed by atoms with van der Waals surface area (Å²) in [5.41, 5.74) is 5.29. The minimum absolute atomic E-state index is 0.125. The third-order valence-electron chi connectivity index (χ3n) is 6.52. The molecule has 7 heteroatoms. The summed E-state index contributed by atoms with van der Waals surface area (Å²) >= 11 is 0. The van der Waals surface area contributed by atoms with E-state index in [4.69, 9.17) is 9.56 Å². The van der Waals surface area contributed by atoms with Crippen molar-refractivity contribution in [3.63, 3.8) is 0 Å². The summed E-state index contributed by atoms with van der Waals surface area (Å²) in [6, 6.07) is 3.71. The standard InChI is InChI=1S/C24H30N2O4S/c1-13-9-10-18-19(13)11-16-7-6-8-17(16)22(18)14(2)23(27)26-31(25,29)21-12-20(15(3)30-21)24(4,5)28/h11-13,28H,2,6-10H2,1,3-5H3,(H2,25,26,27,29)/t13-,31-/m1/s1. The van der Waals surface area contributed by atoms with Gasteiger partial charge in [-0.05, 0) is 86.6 Å². The SMILES string of the molecule is C=C(C(=O)N=[S@@](N)(=O)c1cc(C(C)(C)O)c(C)o1)c1c2c(cc3c1CC[C@H]3C)CCC2. The summed E-state index contributed by atoms with van der Waals surface area (Å²) in [5.74, 6) is 0.146. The molecular formula is C24H30N2O4S. The van der Waals surface area contributed by atoms with Crippen LogP contribution < -0.4 is 5.14 Å². The summed E-state index contributed by atoms with van der Waals surface area (Å²) in [6.07, 6.45) is 4.90. The van der Waals surface area contributed by atoms with Gasteiger partial charge in [-0.2, -0.15) is 0 Å². The maximum Gasteiger partial charge on any atom is 0.286 e. The number of nitrogens with zero attached hydrogens (tertiary/aromatic N) is 1. The fraction of sp³-hybridized carbons (Fsp3) is 0.458. The smallest absolute Gasteiger partial charge is 0.286 e. The monoisotopic (exact) mass is 442 g/mol. The highest BCUT2D eigenvalue weighted by Crippen LogP contribution is 2.43. The lowest BCUT2D eigenvalue weighted by Gasteiger charge is -2.16. The van der Waals surface area contributed by atoms with E-state index in [9.17, 15) is 14.1 Å². The van der Waals surface area contributed by atoms with Crippen molar-refractivity contribution in [2.24, 2.45) is 9.50 Å². The summed E-state index contributed by atoms with van der Waals surface area (Å²) in [6.45, 7) is 11.1. The molecule has 0 fully saturated rings. The van der Waals surface area contributed by atoms with Crippen molar-refractivity contribution in [1.82, 2.24) is 0 Å². The number of aliphatic hydroxyl groups is 1. The lowest BCUT2D eigenvalue weighted by atomic mass is 9.88. The van der Waals surface area contributed by atoms with Crippen LogP contribution in [0.1, 0.15) is 78.7 Å². The van der Waals surface area contributed by atoms with Crippen LogP contribution in [-0.4, -0.2) is 15.2 Å². The van der Waals surface area contributed by atoms with Gasteiger partial charge < -0.3 is 9.52 Å². The molecule has 0 radical (unpaired) electrons. The Morgan fingerprint density at radius 3 is 2.65 bits per heavy atom. The number of rotatable bonds is 4. The molecule has 1 heterocycles. The van der Waals surface area contributed by atoms with Crippen LogP contribution in [-0.2, 0) is 39.6 Å². The first kappa shape index (κ1) is 22.0. The maximum absolute atomic E-state index is 13.1. The normalized spacial score (nSPS) is 19.6. The molecule has 1 aromatic carbocycles. The van der Waals surface area contributed by atoms with Crippen LogP contribution in [0.4, 0.5) is 0 Å². The molecule has 0 spiro atoms. The van der Waals surface area contributed by atoms with Gasteiger partial charge in [0.2, 0.25) is 5.09 Å². The minimum atomic E-state index is -3.63. The van der Waals surface area contributed by atoms with Gasteiger partial charge in [-0.1, -0.05) is 19.6 Å². The molecule has 2 atom stereocenters. The van der Waals surface area contributed by atoms with Gasteiger partial charge >= 0.3 is 0 Å². The van der Waals surface area contributed by atoms with Crippen molar-refractivity contribution in [2.75, 3.05) is 0 Å². The number of fused-ring (bicyclic) bond motifs is 2. The van der Waals surface area contributed by atoms with Gasteiger partial charge in [0.1, 0.15) is 5.76 Å². The Kier molecular flexibility index (Phi) is 5.27. The second-order valence-electron chi connectivity index (χ2n) is 9.29. The van der Waals surface area contributed by atoms with Crippen molar-refractivity contribution in [3.8, 4) is 0 Å². The summed E-state index contributed by atoms with van der Waals surface area (Å²) in [7, 11) is -3.63. The van der Waals surface area contributed by atoms with E-state index < -0.39 is 21.4 Å². The summed E-state index contributed by atoms with van der Waals surface area (Å²) in [4.78, 5) is 13.1. The van der Waals surface area contributed by atoms with Gasteiger partial charge in [-0.15, -0.1) is 4.36 Å². The number of aryl methyl sites for hydroxylation is 2. The largest absolute Gasteiger partial charge is 0.450 e. The Morgan fingerprint density at radius 1 is 1.29 bits per heavy atom. The van der Waals surface area contributed by atoms with Crippen LogP contribution in [0.5, 0.6) is 0 Å². The van der Waals surface area contributed by atoms with Gasteiger partial charge in [0.05, 0.1) is 5.60 Å². The van der Waals surface area contributed by atoms with Gasteiger partial charge in [-0.3, -0.25) is 4.79 Å². The number of benzene rings is 1. The van der Waals surface area contributed by atoms with Crippen LogP contribution in [0.25, 0.3) is 5.57 Å². The average Bonchev–Trinajstić information content (AvgIpc) is 3.37. The highest BCUT2D eigenvalue weighted by Gasteiger charge is 2.31. The summed E-state index contributed by atoms with van der Waals surface area (Å²) in [5, 5.41) is 16.1. The average molecular weight is 443 g/mol.